The van der Waals surface area contributed by atoms with Gasteiger partial charge in [0.2, 0.25) is 0 Å². The Labute approximate surface area is 238 Å². The second-order valence-electron chi connectivity index (χ2n) is 15.1. The van der Waals surface area contributed by atoms with Crippen LogP contribution in [-0.4, -0.2) is 0 Å². The van der Waals surface area contributed by atoms with Gasteiger partial charge < -0.3 is 0 Å². The quantitative estimate of drug-likeness (QED) is 0.122. The highest BCUT2D eigenvalue weighted by Gasteiger charge is 2.58. The number of terminal acetylenes is 1. The van der Waals surface area contributed by atoms with E-state index in [0.717, 1.165) is 41.9 Å². The van der Waals surface area contributed by atoms with Crippen molar-refractivity contribution in [1.29, 1.82) is 0 Å². The van der Waals surface area contributed by atoms with Crippen molar-refractivity contribution in [2.24, 2.45) is 46.3 Å². The fraction of sp³-hybridized carbons (Fsp3) is 0.842. The number of rotatable bonds is 14. The molecule has 0 N–H and O–H groups in total. The lowest BCUT2D eigenvalue weighted by molar-refractivity contribution is -0.0521. The van der Waals surface area contributed by atoms with Gasteiger partial charge in [0.25, 0.3) is 0 Å². The smallest absolute Gasteiger partial charge is 0.00860 e. The van der Waals surface area contributed by atoms with Crippen molar-refractivity contribution in [2.75, 3.05) is 0 Å². The van der Waals surface area contributed by atoms with Crippen molar-refractivity contribution in [1.82, 2.24) is 0 Å². The van der Waals surface area contributed by atoms with Crippen LogP contribution in [0.5, 0.6) is 0 Å². The number of hydrogen-bond acceptors (Lipinski definition) is 0. The second kappa shape index (κ2) is 13.6. The normalized spacial score (nSPS) is 36.9. The molecule has 4 rings (SSSR count). The van der Waals surface area contributed by atoms with Gasteiger partial charge in [-0.15, -0.1) is 12.3 Å². The Morgan fingerprint density at radius 3 is 2.39 bits per heavy atom. The largest absolute Gasteiger partial charge is 0.120 e. The summed E-state index contributed by atoms with van der Waals surface area (Å²) >= 11 is 0. The Kier molecular flexibility index (Phi) is 10.7. The molecule has 8 atom stereocenters. The van der Waals surface area contributed by atoms with E-state index in [1.807, 2.05) is 5.57 Å². The molecule has 4 aliphatic carbocycles. The predicted octanol–water partition coefficient (Wildman–Crippen LogP) is 11.7. The monoisotopic (exact) mass is 518 g/mol. The fourth-order valence-corrected chi connectivity index (χ4v) is 10.2. The molecule has 0 nitrogen and oxygen atoms in total. The zero-order chi connectivity index (χ0) is 27.2. The molecule has 0 aromatic carbocycles. The van der Waals surface area contributed by atoms with E-state index in [1.54, 1.807) is 0 Å². The summed E-state index contributed by atoms with van der Waals surface area (Å²) in [7, 11) is 0. The Morgan fingerprint density at radius 1 is 0.947 bits per heavy atom. The molecule has 0 bridgehead atoms. The van der Waals surface area contributed by atoms with Crippen LogP contribution >= 0.6 is 0 Å². The lowest BCUT2D eigenvalue weighted by atomic mass is 9.46. The second-order valence-corrected chi connectivity index (χ2v) is 15.1. The summed E-state index contributed by atoms with van der Waals surface area (Å²) in [6.07, 6.45) is 35.5. The zero-order valence-electron chi connectivity index (χ0n) is 26.0. The number of allylic oxidation sites excluding steroid dienone is 3. The van der Waals surface area contributed by atoms with E-state index in [-0.39, 0.29) is 0 Å². The maximum atomic E-state index is 5.34. The van der Waals surface area contributed by atoms with Gasteiger partial charge in [-0.05, 0) is 130 Å². The molecule has 0 aromatic heterocycles. The van der Waals surface area contributed by atoms with E-state index in [9.17, 15) is 0 Å². The minimum absolute atomic E-state index is 0.528. The first-order valence-corrected chi connectivity index (χ1v) is 17.1. The van der Waals surface area contributed by atoms with E-state index in [1.165, 1.54) is 128 Å². The third-order valence-corrected chi connectivity index (χ3v) is 12.7. The van der Waals surface area contributed by atoms with E-state index in [0.29, 0.717) is 10.8 Å². The van der Waals surface area contributed by atoms with Gasteiger partial charge in [-0.3, -0.25) is 0 Å². The van der Waals surface area contributed by atoms with Crippen LogP contribution in [0.1, 0.15) is 156 Å². The number of hydrogen-bond donors (Lipinski definition) is 0. The van der Waals surface area contributed by atoms with Crippen molar-refractivity contribution in [2.45, 2.75) is 156 Å². The minimum atomic E-state index is 0.528. The molecule has 4 aliphatic rings. The van der Waals surface area contributed by atoms with Crippen molar-refractivity contribution < 1.29 is 0 Å². The summed E-state index contributed by atoms with van der Waals surface area (Å²) in [5.41, 5.74) is 4.50. The maximum Gasteiger partial charge on any atom is 0.00860 e. The van der Waals surface area contributed by atoms with E-state index in [4.69, 9.17) is 6.42 Å². The highest BCUT2D eigenvalue weighted by Crippen LogP contribution is 2.67. The van der Waals surface area contributed by atoms with Gasteiger partial charge in [-0.2, -0.15) is 0 Å². The first-order chi connectivity index (χ1) is 18.3. The summed E-state index contributed by atoms with van der Waals surface area (Å²) < 4.78 is 0. The molecular weight excluding hydrogens is 456 g/mol. The third kappa shape index (κ3) is 6.67. The van der Waals surface area contributed by atoms with E-state index in [2.05, 4.69) is 46.3 Å². The first-order valence-electron chi connectivity index (χ1n) is 17.1. The van der Waals surface area contributed by atoms with Crippen LogP contribution < -0.4 is 0 Å². The van der Waals surface area contributed by atoms with Gasteiger partial charge in [0.1, 0.15) is 0 Å². The SMILES string of the molecule is C#CCCCCCCCCCCC(=C)CCC(C)C1CCC2C3CC=C4CC(C)CCC4(C)C3CCC12C. The molecule has 0 heterocycles. The molecule has 214 valence electrons. The van der Waals surface area contributed by atoms with Gasteiger partial charge in [-0.1, -0.05) is 90.0 Å². The summed E-state index contributed by atoms with van der Waals surface area (Å²) in [5, 5.41) is 0. The average Bonchev–Trinajstić information content (AvgIpc) is 3.26. The molecule has 0 aromatic rings. The molecule has 0 amide bonds. The summed E-state index contributed by atoms with van der Waals surface area (Å²) in [5.74, 6) is 8.36. The molecule has 38 heavy (non-hydrogen) atoms. The van der Waals surface area contributed by atoms with E-state index < -0.39 is 0 Å². The van der Waals surface area contributed by atoms with Gasteiger partial charge in [-0.25, -0.2) is 0 Å². The van der Waals surface area contributed by atoms with Crippen LogP contribution in [0.4, 0.5) is 0 Å². The van der Waals surface area contributed by atoms with Crippen LogP contribution in [0.25, 0.3) is 0 Å². The Hall–Kier alpha value is -0.960. The molecule has 0 heteroatoms. The van der Waals surface area contributed by atoms with Crippen molar-refractivity contribution in [3.63, 3.8) is 0 Å². The van der Waals surface area contributed by atoms with Gasteiger partial charge in [0, 0.05) is 6.42 Å². The highest BCUT2D eigenvalue weighted by molar-refractivity contribution is 5.25. The number of fused-ring (bicyclic) bond motifs is 5. The third-order valence-electron chi connectivity index (χ3n) is 12.7. The Morgan fingerprint density at radius 2 is 1.66 bits per heavy atom. The molecule has 0 radical (unpaired) electrons. The Bertz CT molecular complexity index is 839. The molecule has 3 fully saturated rings. The first kappa shape index (κ1) is 30.0. The number of unbranched alkanes of at least 4 members (excludes halogenated alkanes) is 8. The van der Waals surface area contributed by atoms with Gasteiger partial charge >= 0.3 is 0 Å². The summed E-state index contributed by atoms with van der Waals surface area (Å²) in [4.78, 5) is 0. The summed E-state index contributed by atoms with van der Waals surface area (Å²) in [6.45, 7) is 15.0. The lowest BCUT2D eigenvalue weighted by Gasteiger charge is -2.58. The van der Waals surface area contributed by atoms with Crippen LogP contribution in [0.15, 0.2) is 23.8 Å². The van der Waals surface area contributed by atoms with Crippen LogP contribution in [0.2, 0.25) is 0 Å². The van der Waals surface area contributed by atoms with Crippen molar-refractivity contribution >= 4 is 0 Å². The van der Waals surface area contributed by atoms with Gasteiger partial charge in [0.15, 0.2) is 0 Å². The standard InChI is InChI=1S/C38H62/c1-7-8-9-10-11-12-13-14-15-16-17-29(2)18-19-31(4)34-22-23-35-33-21-20-32-28-30(3)24-26-37(32,5)36(33)25-27-38(34,35)6/h1,20,30-31,33-36H,2,8-19,21-28H2,3-6H3. The van der Waals surface area contributed by atoms with E-state index >= 15 is 0 Å². The lowest BCUT2D eigenvalue weighted by Crippen LogP contribution is -2.50. The van der Waals surface area contributed by atoms with Crippen LogP contribution in [0, 0.1) is 58.7 Å². The molecular formula is C38H62. The fourth-order valence-electron chi connectivity index (χ4n) is 10.2. The highest BCUT2D eigenvalue weighted by atomic mass is 14.6. The average molecular weight is 519 g/mol. The maximum absolute atomic E-state index is 5.34. The van der Waals surface area contributed by atoms with Crippen LogP contribution in [-0.2, 0) is 0 Å². The Balaban J connectivity index is 1.18. The molecule has 3 saturated carbocycles. The van der Waals surface area contributed by atoms with Crippen molar-refractivity contribution in [3.8, 4) is 12.3 Å². The minimum Gasteiger partial charge on any atom is -0.120 e. The molecule has 8 unspecified atom stereocenters. The molecule has 0 saturated heterocycles. The van der Waals surface area contributed by atoms with Crippen molar-refractivity contribution in [3.05, 3.63) is 23.8 Å². The molecule has 0 spiro atoms. The predicted molar refractivity (Wildman–Crippen MR) is 167 cm³/mol. The van der Waals surface area contributed by atoms with Gasteiger partial charge in [0.05, 0.1) is 0 Å². The van der Waals surface area contributed by atoms with Crippen LogP contribution in [0.3, 0.4) is 0 Å². The summed E-state index contributed by atoms with van der Waals surface area (Å²) in [6, 6.07) is 0. The molecule has 0 aliphatic heterocycles. The zero-order valence-corrected chi connectivity index (χ0v) is 26.0. The topological polar surface area (TPSA) is 0 Å².